The van der Waals surface area contributed by atoms with Gasteiger partial charge in [-0.05, 0) is 43.3 Å². The van der Waals surface area contributed by atoms with Gasteiger partial charge in [0.25, 0.3) is 5.89 Å². The van der Waals surface area contributed by atoms with E-state index in [1.54, 1.807) is 26.2 Å². The minimum atomic E-state index is 0.262. The van der Waals surface area contributed by atoms with Crippen molar-refractivity contribution in [3.05, 3.63) is 59.3 Å². The summed E-state index contributed by atoms with van der Waals surface area (Å²) in [7, 11) is 1.62. The lowest BCUT2D eigenvalue weighted by molar-refractivity contribution is 0.399. The lowest BCUT2D eigenvalue weighted by Gasteiger charge is -2.03. The van der Waals surface area contributed by atoms with E-state index in [1.807, 2.05) is 36.4 Å². The van der Waals surface area contributed by atoms with Crippen molar-refractivity contribution in [1.82, 2.24) is 15.4 Å². The van der Waals surface area contributed by atoms with Gasteiger partial charge < -0.3 is 19.0 Å². The maximum atomic E-state index is 5.96. The number of methoxy groups -OCH3 is 1. The first-order valence-corrected chi connectivity index (χ1v) is 8.49. The zero-order chi connectivity index (χ0) is 18.8. The molecule has 0 fully saturated rings. The summed E-state index contributed by atoms with van der Waals surface area (Å²) in [5.74, 6) is 1.66. The van der Waals surface area contributed by atoms with Gasteiger partial charge >= 0.3 is 6.01 Å². The Balaban J connectivity index is 1.63. The molecule has 0 spiro atoms. The number of hydrogen-bond donors (Lipinski definition) is 1. The van der Waals surface area contributed by atoms with E-state index in [0.717, 1.165) is 17.0 Å². The molecule has 0 amide bonds. The molecule has 1 N–H and O–H groups in total. The standard InChI is InChI=1S/C19H15ClN4O3/c1-11-16(17(24-27-11)12-3-5-13(20)6-4-12)18-22-23-19(26-18)21-14-7-9-15(25-2)10-8-14/h3-10H,1-2H3,(H,21,23). The van der Waals surface area contributed by atoms with Crippen molar-refractivity contribution >= 4 is 23.3 Å². The summed E-state index contributed by atoms with van der Waals surface area (Å²) >= 11 is 5.96. The maximum absolute atomic E-state index is 5.96. The van der Waals surface area contributed by atoms with Crippen molar-refractivity contribution in [2.75, 3.05) is 12.4 Å². The summed E-state index contributed by atoms with van der Waals surface area (Å²) in [6, 6.07) is 14.9. The van der Waals surface area contributed by atoms with Crippen LogP contribution in [0.2, 0.25) is 5.02 Å². The smallest absolute Gasteiger partial charge is 0.320 e. The number of nitrogens with one attached hydrogen (secondary N) is 1. The van der Waals surface area contributed by atoms with Crippen LogP contribution in [0, 0.1) is 6.92 Å². The van der Waals surface area contributed by atoms with Crippen molar-refractivity contribution in [2.45, 2.75) is 6.92 Å². The molecule has 27 heavy (non-hydrogen) atoms. The van der Waals surface area contributed by atoms with E-state index >= 15 is 0 Å². The summed E-state index contributed by atoms with van der Waals surface area (Å²) in [4.78, 5) is 0. The zero-order valence-electron chi connectivity index (χ0n) is 14.6. The molecule has 0 radical (unpaired) electrons. The normalized spacial score (nSPS) is 10.8. The molecule has 136 valence electrons. The molecule has 4 aromatic rings. The van der Waals surface area contributed by atoms with Crippen LogP contribution in [0.4, 0.5) is 11.7 Å². The van der Waals surface area contributed by atoms with E-state index in [9.17, 15) is 0 Å². The van der Waals surface area contributed by atoms with Gasteiger partial charge in [-0.2, -0.15) is 0 Å². The number of aryl methyl sites for hydroxylation is 1. The van der Waals surface area contributed by atoms with Gasteiger partial charge in [0.2, 0.25) is 0 Å². The number of anilines is 2. The Morgan fingerprint density at radius 3 is 2.44 bits per heavy atom. The molecule has 0 saturated heterocycles. The molecule has 2 heterocycles. The molecule has 2 aromatic carbocycles. The third-order valence-corrected chi connectivity index (χ3v) is 4.21. The van der Waals surface area contributed by atoms with Crippen LogP contribution in [0.1, 0.15) is 5.76 Å². The fraction of sp³-hybridized carbons (Fsp3) is 0.105. The van der Waals surface area contributed by atoms with E-state index in [4.69, 9.17) is 25.3 Å². The van der Waals surface area contributed by atoms with Gasteiger partial charge in [0.1, 0.15) is 22.8 Å². The predicted molar refractivity (Wildman–Crippen MR) is 101 cm³/mol. The molecule has 0 saturated carbocycles. The van der Waals surface area contributed by atoms with Gasteiger partial charge in [0.15, 0.2) is 0 Å². The van der Waals surface area contributed by atoms with E-state index in [2.05, 4.69) is 20.7 Å². The van der Waals surface area contributed by atoms with Crippen LogP contribution in [-0.2, 0) is 0 Å². The SMILES string of the molecule is COc1ccc(Nc2nnc(-c3c(-c4ccc(Cl)cc4)noc3C)o2)cc1. The number of benzene rings is 2. The second-order valence-electron chi connectivity index (χ2n) is 5.74. The molecule has 4 rings (SSSR count). The van der Waals surface area contributed by atoms with Crippen molar-refractivity contribution in [3.63, 3.8) is 0 Å². The van der Waals surface area contributed by atoms with Crippen LogP contribution in [0.25, 0.3) is 22.7 Å². The molecule has 8 heteroatoms. The zero-order valence-corrected chi connectivity index (χ0v) is 15.3. The molecule has 0 atom stereocenters. The van der Waals surface area contributed by atoms with Crippen LogP contribution in [0.15, 0.2) is 57.5 Å². The summed E-state index contributed by atoms with van der Waals surface area (Å²) in [6.07, 6.45) is 0. The van der Waals surface area contributed by atoms with E-state index in [-0.39, 0.29) is 6.01 Å². The fourth-order valence-electron chi connectivity index (χ4n) is 2.60. The Kier molecular flexibility index (Phi) is 4.52. The van der Waals surface area contributed by atoms with Gasteiger partial charge in [-0.25, -0.2) is 0 Å². The number of nitrogens with zero attached hydrogens (tertiary/aromatic N) is 3. The average molecular weight is 383 g/mol. The molecule has 0 aliphatic rings. The number of halogens is 1. The second-order valence-corrected chi connectivity index (χ2v) is 6.17. The summed E-state index contributed by atoms with van der Waals surface area (Å²) in [5, 5.41) is 16.0. The Bertz CT molecular complexity index is 1060. The predicted octanol–water partition coefficient (Wildman–Crippen LogP) is 5.11. The lowest BCUT2D eigenvalue weighted by Crippen LogP contribution is -1.90. The van der Waals surface area contributed by atoms with Crippen LogP contribution in [0.3, 0.4) is 0 Å². The van der Waals surface area contributed by atoms with Gasteiger partial charge in [0, 0.05) is 16.3 Å². The summed E-state index contributed by atoms with van der Waals surface area (Å²) in [6.45, 7) is 1.79. The van der Waals surface area contributed by atoms with Gasteiger partial charge in [-0.15, -0.1) is 5.10 Å². The number of aromatic nitrogens is 3. The first-order valence-electron chi connectivity index (χ1n) is 8.11. The second kappa shape index (κ2) is 7.13. The largest absolute Gasteiger partial charge is 0.497 e. The lowest BCUT2D eigenvalue weighted by atomic mass is 10.1. The molecule has 0 aliphatic carbocycles. The highest BCUT2D eigenvalue weighted by Gasteiger charge is 2.22. The van der Waals surface area contributed by atoms with E-state index in [0.29, 0.717) is 27.9 Å². The molecule has 0 bridgehead atoms. The number of rotatable bonds is 5. The van der Waals surface area contributed by atoms with Crippen LogP contribution in [-0.4, -0.2) is 22.5 Å². The van der Waals surface area contributed by atoms with Crippen molar-refractivity contribution in [3.8, 4) is 28.5 Å². The molecular formula is C19H15ClN4O3. The van der Waals surface area contributed by atoms with Crippen LogP contribution < -0.4 is 10.1 Å². The Labute approximate surface area is 159 Å². The average Bonchev–Trinajstić information content (AvgIpc) is 3.29. The van der Waals surface area contributed by atoms with Crippen molar-refractivity contribution < 1.29 is 13.7 Å². The monoisotopic (exact) mass is 382 g/mol. The third-order valence-electron chi connectivity index (χ3n) is 3.96. The minimum absolute atomic E-state index is 0.262. The highest BCUT2D eigenvalue weighted by atomic mass is 35.5. The number of ether oxygens (including phenoxy) is 1. The quantitative estimate of drug-likeness (QED) is 0.513. The highest BCUT2D eigenvalue weighted by molar-refractivity contribution is 6.30. The Morgan fingerprint density at radius 1 is 1.00 bits per heavy atom. The minimum Gasteiger partial charge on any atom is -0.497 e. The molecule has 2 aromatic heterocycles. The summed E-state index contributed by atoms with van der Waals surface area (Å²) < 4.78 is 16.3. The van der Waals surface area contributed by atoms with Crippen LogP contribution >= 0.6 is 11.6 Å². The van der Waals surface area contributed by atoms with Gasteiger partial charge in [-0.3, -0.25) is 0 Å². The number of hydrogen-bond acceptors (Lipinski definition) is 7. The fourth-order valence-corrected chi connectivity index (χ4v) is 2.73. The van der Waals surface area contributed by atoms with Gasteiger partial charge in [-0.1, -0.05) is 34.0 Å². The first kappa shape index (κ1) is 17.1. The van der Waals surface area contributed by atoms with Crippen molar-refractivity contribution in [1.29, 1.82) is 0 Å². The molecule has 7 nitrogen and oxygen atoms in total. The summed E-state index contributed by atoms with van der Waals surface area (Å²) in [5.41, 5.74) is 2.90. The third kappa shape index (κ3) is 3.50. The van der Waals surface area contributed by atoms with Crippen LogP contribution in [0.5, 0.6) is 5.75 Å². The molecule has 0 aliphatic heterocycles. The topological polar surface area (TPSA) is 86.2 Å². The van der Waals surface area contributed by atoms with Gasteiger partial charge in [0.05, 0.1) is 7.11 Å². The highest BCUT2D eigenvalue weighted by Crippen LogP contribution is 2.34. The Hall–Kier alpha value is -3.32. The first-order chi connectivity index (χ1) is 13.1. The maximum Gasteiger partial charge on any atom is 0.320 e. The van der Waals surface area contributed by atoms with E-state index < -0.39 is 0 Å². The molecule has 0 unspecified atom stereocenters. The molecular weight excluding hydrogens is 368 g/mol. The Morgan fingerprint density at radius 2 is 1.74 bits per heavy atom. The van der Waals surface area contributed by atoms with E-state index in [1.165, 1.54) is 0 Å². The van der Waals surface area contributed by atoms with Crippen molar-refractivity contribution in [2.24, 2.45) is 0 Å².